The number of ketones is 1. The number of Topliss-reactive ketones (excluding diaryl/α,β-unsaturated/α-hetero) is 1. The first kappa shape index (κ1) is 22.2. The van der Waals surface area contributed by atoms with Gasteiger partial charge in [-0.2, -0.15) is 0 Å². The van der Waals surface area contributed by atoms with Gasteiger partial charge in [0.25, 0.3) is 0 Å². The van der Waals surface area contributed by atoms with Crippen molar-refractivity contribution >= 4 is 11.5 Å². The van der Waals surface area contributed by atoms with Gasteiger partial charge in [0.15, 0.2) is 12.4 Å². The maximum absolute atomic E-state index is 12.8. The second kappa shape index (κ2) is 9.73. The van der Waals surface area contributed by atoms with Crippen molar-refractivity contribution in [3.8, 4) is 5.75 Å². The van der Waals surface area contributed by atoms with Gasteiger partial charge in [-0.3, -0.25) is 4.79 Å². The van der Waals surface area contributed by atoms with E-state index in [-0.39, 0.29) is 12.4 Å². The molecule has 2 unspecified atom stereocenters. The van der Waals surface area contributed by atoms with Crippen molar-refractivity contribution in [1.29, 1.82) is 0 Å². The molecule has 2 saturated heterocycles. The normalized spacial score (nSPS) is 27.4. The van der Waals surface area contributed by atoms with Gasteiger partial charge in [0.2, 0.25) is 0 Å². The van der Waals surface area contributed by atoms with E-state index in [0.717, 1.165) is 42.3 Å². The fraction of sp³-hybridized carbons (Fsp3) is 0.567. The number of fused-ring (bicyclic) bond motifs is 2. The van der Waals surface area contributed by atoms with E-state index in [9.17, 15) is 4.79 Å². The highest BCUT2D eigenvalue weighted by Gasteiger charge is 2.43. The zero-order valence-corrected chi connectivity index (χ0v) is 20.3. The lowest BCUT2D eigenvalue weighted by molar-refractivity contribution is 0.0917. The SMILES string of the molecule is O=C(COc1ccccc1C1CCN([C@H]2CC3CCC2C3)CC1)c1ccc(N2CCCC2)cc1. The second-order valence-electron chi connectivity index (χ2n) is 11.0. The minimum absolute atomic E-state index is 0.0499. The van der Waals surface area contributed by atoms with Crippen molar-refractivity contribution < 1.29 is 9.53 Å². The van der Waals surface area contributed by atoms with E-state index in [1.165, 1.54) is 75.7 Å². The molecule has 6 rings (SSSR count). The summed E-state index contributed by atoms with van der Waals surface area (Å²) in [5.41, 5.74) is 3.24. The summed E-state index contributed by atoms with van der Waals surface area (Å²) < 4.78 is 6.13. The lowest BCUT2D eigenvalue weighted by atomic mass is 9.86. The highest BCUT2D eigenvalue weighted by Crippen LogP contribution is 2.48. The Kier molecular flexibility index (Phi) is 6.34. The number of likely N-dealkylation sites (tertiary alicyclic amines) is 1. The first-order chi connectivity index (χ1) is 16.7. The molecule has 4 fully saturated rings. The molecule has 0 aromatic heterocycles. The zero-order valence-electron chi connectivity index (χ0n) is 20.3. The van der Waals surface area contributed by atoms with Crippen LogP contribution in [0.15, 0.2) is 48.5 Å². The number of carbonyl (C=O) groups excluding carboxylic acids is 1. The summed E-state index contributed by atoms with van der Waals surface area (Å²) in [4.78, 5) is 18.0. The molecule has 4 heteroatoms. The van der Waals surface area contributed by atoms with E-state index in [2.05, 4.69) is 34.1 Å². The summed E-state index contributed by atoms with van der Waals surface area (Å²) in [5.74, 6) is 3.45. The molecule has 0 amide bonds. The number of piperidine rings is 1. The summed E-state index contributed by atoms with van der Waals surface area (Å²) in [6.07, 6.45) is 10.8. The van der Waals surface area contributed by atoms with Crippen LogP contribution in [0.1, 0.15) is 73.2 Å². The molecule has 2 aromatic rings. The Bertz CT molecular complexity index is 989. The fourth-order valence-electron chi connectivity index (χ4n) is 7.21. The summed E-state index contributed by atoms with van der Waals surface area (Å²) in [5, 5.41) is 0. The number of hydrogen-bond donors (Lipinski definition) is 0. The smallest absolute Gasteiger partial charge is 0.200 e. The van der Waals surface area contributed by atoms with E-state index >= 15 is 0 Å². The molecule has 3 atom stereocenters. The van der Waals surface area contributed by atoms with Gasteiger partial charge >= 0.3 is 0 Å². The molecular formula is C30H38N2O2. The van der Waals surface area contributed by atoms with Crippen LogP contribution in [-0.2, 0) is 0 Å². The summed E-state index contributed by atoms with van der Waals surface area (Å²) in [7, 11) is 0. The van der Waals surface area contributed by atoms with E-state index < -0.39 is 0 Å². The summed E-state index contributed by atoms with van der Waals surface area (Å²) in [6.45, 7) is 4.75. The number of rotatable bonds is 7. The van der Waals surface area contributed by atoms with Crippen molar-refractivity contribution in [2.45, 2.75) is 63.3 Å². The molecule has 2 aliphatic carbocycles. The van der Waals surface area contributed by atoms with E-state index in [4.69, 9.17) is 4.74 Å². The van der Waals surface area contributed by atoms with Crippen LogP contribution in [0, 0.1) is 11.8 Å². The highest BCUT2D eigenvalue weighted by atomic mass is 16.5. The van der Waals surface area contributed by atoms with Gasteiger partial charge in [-0.25, -0.2) is 0 Å². The number of nitrogens with zero attached hydrogens (tertiary/aromatic N) is 2. The van der Waals surface area contributed by atoms with Crippen LogP contribution in [0.2, 0.25) is 0 Å². The van der Waals surface area contributed by atoms with Gasteiger partial charge in [0, 0.05) is 30.4 Å². The topological polar surface area (TPSA) is 32.8 Å². The Balaban J connectivity index is 1.05. The summed E-state index contributed by atoms with van der Waals surface area (Å²) in [6, 6.07) is 17.3. The van der Waals surface area contributed by atoms with Crippen molar-refractivity contribution in [2.24, 2.45) is 11.8 Å². The Morgan fingerprint density at radius 3 is 2.32 bits per heavy atom. The maximum Gasteiger partial charge on any atom is 0.200 e. The third kappa shape index (κ3) is 4.49. The number of hydrogen-bond acceptors (Lipinski definition) is 4. The maximum atomic E-state index is 12.8. The Hall–Kier alpha value is -2.33. The van der Waals surface area contributed by atoms with Crippen molar-refractivity contribution in [1.82, 2.24) is 4.90 Å². The first-order valence-corrected chi connectivity index (χ1v) is 13.6. The van der Waals surface area contributed by atoms with E-state index in [1.807, 2.05) is 24.3 Å². The molecule has 4 aliphatic rings. The van der Waals surface area contributed by atoms with E-state index in [0.29, 0.717) is 5.92 Å². The van der Waals surface area contributed by atoms with Crippen LogP contribution >= 0.6 is 0 Å². The monoisotopic (exact) mass is 458 g/mol. The molecule has 2 bridgehead atoms. The molecule has 2 aromatic carbocycles. The average molecular weight is 459 g/mol. The average Bonchev–Trinajstić information content (AvgIpc) is 3.67. The van der Waals surface area contributed by atoms with Crippen LogP contribution < -0.4 is 9.64 Å². The second-order valence-corrected chi connectivity index (χ2v) is 11.0. The van der Waals surface area contributed by atoms with Gasteiger partial charge in [-0.15, -0.1) is 0 Å². The number of benzene rings is 2. The van der Waals surface area contributed by atoms with Gasteiger partial charge < -0.3 is 14.5 Å². The number of ether oxygens (including phenoxy) is 1. The number of anilines is 1. The van der Waals surface area contributed by atoms with Crippen LogP contribution in [0.4, 0.5) is 5.69 Å². The molecule has 0 radical (unpaired) electrons. The number of carbonyl (C=O) groups is 1. The van der Waals surface area contributed by atoms with Crippen LogP contribution in [0.5, 0.6) is 5.75 Å². The number of para-hydroxylation sites is 1. The van der Waals surface area contributed by atoms with Crippen molar-refractivity contribution in [3.05, 3.63) is 59.7 Å². The first-order valence-electron chi connectivity index (χ1n) is 13.6. The fourth-order valence-corrected chi connectivity index (χ4v) is 7.21. The molecule has 0 N–H and O–H groups in total. The summed E-state index contributed by atoms with van der Waals surface area (Å²) >= 11 is 0. The lowest BCUT2D eigenvalue weighted by Crippen LogP contribution is -2.43. The predicted octanol–water partition coefficient (Wildman–Crippen LogP) is 5.92. The van der Waals surface area contributed by atoms with E-state index in [1.54, 1.807) is 0 Å². The minimum atomic E-state index is 0.0499. The Labute approximate surface area is 204 Å². The molecule has 2 heterocycles. The van der Waals surface area contributed by atoms with Gasteiger partial charge in [-0.1, -0.05) is 24.6 Å². The molecule has 2 saturated carbocycles. The van der Waals surface area contributed by atoms with Crippen LogP contribution in [0.3, 0.4) is 0 Å². The minimum Gasteiger partial charge on any atom is -0.485 e. The van der Waals surface area contributed by atoms with Crippen molar-refractivity contribution in [3.63, 3.8) is 0 Å². The third-order valence-electron chi connectivity index (χ3n) is 9.08. The molecule has 34 heavy (non-hydrogen) atoms. The predicted molar refractivity (Wildman–Crippen MR) is 137 cm³/mol. The molecular weight excluding hydrogens is 420 g/mol. The highest BCUT2D eigenvalue weighted by molar-refractivity contribution is 5.97. The van der Waals surface area contributed by atoms with Crippen LogP contribution in [-0.4, -0.2) is 49.5 Å². The molecule has 0 spiro atoms. The Morgan fingerprint density at radius 2 is 1.62 bits per heavy atom. The standard InChI is InChI=1S/C30H38N2O2/c33-29(24-9-11-26(12-10-24)31-15-3-4-16-31)21-34-30-6-2-1-5-27(30)23-13-17-32(18-14-23)28-20-22-7-8-25(28)19-22/h1-2,5-6,9-12,22-23,25,28H,3-4,7-8,13-21H2/t22?,25?,28-/m0/s1. The molecule has 180 valence electrons. The molecule has 4 nitrogen and oxygen atoms in total. The van der Waals surface area contributed by atoms with Gasteiger partial charge in [0.1, 0.15) is 5.75 Å². The zero-order chi connectivity index (χ0) is 22.9. The largest absolute Gasteiger partial charge is 0.485 e. The van der Waals surface area contributed by atoms with Gasteiger partial charge in [-0.05, 0) is 112 Å². The van der Waals surface area contributed by atoms with Crippen LogP contribution in [0.25, 0.3) is 0 Å². The third-order valence-corrected chi connectivity index (χ3v) is 9.08. The lowest BCUT2D eigenvalue weighted by Gasteiger charge is -2.40. The quantitative estimate of drug-likeness (QED) is 0.483. The van der Waals surface area contributed by atoms with Gasteiger partial charge in [0.05, 0.1) is 0 Å². The molecule has 2 aliphatic heterocycles. The Morgan fingerprint density at radius 1 is 0.853 bits per heavy atom. The van der Waals surface area contributed by atoms with Crippen molar-refractivity contribution in [2.75, 3.05) is 37.7 Å².